The van der Waals surface area contributed by atoms with Crippen molar-refractivity contribution in [3.63, 3.8) is 0 Å². The second kappa shape index (κ2) is 4.63. The number of aromatic amines is 1. The summed E-state index contributed by atoms with van der Waals surface area (Å²) < 4.78 is 1.26. The molecule has 0 aliphatic carbocycles. The van der Waals surface area contributed by atoms with Crippen molar-refractivity contribution in [2.75, 3.05) is 0 Å². The second-order valence-electron chi connectivity index (χ2n) is 5.00. The number of aromatic nitrogens is 2. The van der Waals surface area contributed by atoms with Gasteiger partial charge in [0.1, 0.15) is 5.82 Å². The van der Waals surface area contributed by atoms with E-state index in [9.17, 15) is 0 Å². The van der Waals surface area contributed by atoms with E-state index in [0.717, 1.165) is 16.9 Å². The number of halogens is 1. The molecule has 0 unspecified atom stereocenters. The van der Waals surface area contributed by atoms with Crippen molar-refractivity contribution in [1.82, 2.24) is 9.97 Å². The molecule has 0 aliphatic rings. The molecule has 2 aromatic carbocycles. The molecule has 0 saturated carbocycles. The molecule has 3 heteroatoms. The summed E-state index contributed by atoms with van der Waals surface area (Å²) in [4.78, 5) is 8.21. The fourth-order valence-electron chi connectivity index (χ4n) is 2.43. The molecule has 0 spiro atoms. The van der Waals surface area contributed by atoms with E-state index in [1.54, 1.807) is 0 Å². The molecule has 1 heterocycles. The summed E-state index contributed by atoms with van der Waals surface area (Å²) in [5.41, 5.74) is 7.13. The van der Waals surface area contributed by atoms with Crippen molar-refractivity contribution in [3.8, 4) is 11.4 Å². The van der Waals surface area contributed by atoms with Gasteiger partial charge in [-0.15, -0.1) is 0 Å². The van der Waals surface area contributed by atoms with Gasteiger partial charge in [0.2, 0.25) is 0 Å². The van der Waals surface area contributed by atoms with E-state index >= 15 is 0 Å². The van der Waals surface area contributed by atoms with Crippen LogP contribution in [-0.4, -0.2) is 9.97 Å². The predicted molar refractivity (Wildman–Crippen MR) is 88.5 cm³/mol. The quantitative estimate of drug-likeness (QED) is 0.622. The zero-order valence-electron chi connectivity index (χ0n) is 11.2. The molecule has 19 heavy (non-hydrogen) atoms. The Balaban J connectivity index is 2.26. The number of rotatable bonds is 1. The molecule has 96 valence electrons. The Hall–Kier alpha value is -1.36. The van der Waals surface area contributed by atoms with Crippen LogP contribution in [-0.2, 0) is 0 Å². The molecule has 0 aliphatic heterocycles. The molecule has 0 saturated heterocycles. The van der Waals surface area contributed by atoms with E-state index in [1.165, 1.54) is 25.8 Å². The van der Waals surface area contributed by atoms with Crippen LogP contribution < -0.4 is 0 Å². The first kappa shape index (κ1) is 12.7. The van der Waals surface area contributed by atoms with Crippen LogP contribution in [0.1, 0.15) is 16.7 Å². The molecular weight excluding hydrogens is 347 g/mol. The van der Waals surface area contributed by atoms with Crippen LogP contribution in [0.15, 0.2) is 30.3 Å². The van der Waals surface area contributed by atoms with Gasteiger partial charge in [-0.3, -0.25) is 0 Å². The van der Waals surface area contributed by atoms with E-state index < -0.39 is 0 Å². The van der Waals surface area contributed by atoms with Crippen molar-refractivity contribution in [3.05, 3.63) is 50.6 Å². The average molecular weight is 362 g/mol. The van der Waals surface area contributed by atoms with Gasteiger partial charge in [-0.25, -0.2) is 4.98 Å². The SMILES string of the molecule is Cc1cc(C)c2nc(-c3cccc(C)c3I)[nH]c2c1. The molecule has 0 amide bonds. The maximum Gasteiger partial charge on any atom is 0.139 e. The molecular formula is C16H15IN2. The van der Waals surface area contributed by atoms with Crippen molar-refractivity contribution >= 4 is 33.6 Å². The van der Waals surface area contributed by atoms with Gasteiger partial charge in [-0.1, -0.05) is 24.3 Å². The van der Waals surface area contributed by atoms with Crippen LogP contribution in [0.2, 0.25) is 0 Å². The minimum atomic E-state index is 0.955. The number of hydrogen-bond donors (Lipinski definition) is 1. The monoisotopic (exact) mass is 362 g/mol. The Morgan fingerprint density at radius 3 is 2.63 bits per heavy atom. The van der Waals surface area contributed by atoms with Crippen LogP contribution >= 0.6 is 22.6 Å². The van der Waals surface area contributed by atoms with Gasteiger partial charge in [0.25, 0.3) is 0 Å². The van der Waals surface area contributed by atoms with E-state index in [4.69, 9.17) is 4.98 Å². The summed E-state index contributed by atoms with van der Waals surface area (Å²) in [5.74, 6) is 0.955. The molecule has 1 N–H and O–H groups in total. The Bertz CT molecular complexity index is 772. The van der Waals surface area contributed by atoms with Crippen LogP contribution in [0.25, 0.3) is 22.4 Å². The Kier molecular flexibility index (Phi) is 3.09. The third kappa shape index (κ3) is 2.16. The maximum atomic E-state index is 4.77. The normalized spacial score (nSPS) is 11.2. The fourth-order valence-corrected chi connectivity index (χ4v) is 3.04. The summed E-state index contributed by atoms with van der Waals surface area (Å²) in [6, 6.07) is 10.7. The minimum Gasteiger partial charge on any atom is -0.338 e. The Labute approximate surface area is 126 Å². The Morgan fingerprint density at radius 2 is 1.84 bits per heavy atom. The lowest BCUT2D eigenvalue weighted by Gasteiger charge is -2.03. The third-order valence-corrected chi connectivity index (χ3v) is 4.80. The highest BCUT2D eigenvalue weighted by atomic mass is 127. The number of aryl methyl sites for hydroxylation is 3. The first-order chi connectivity index (χ1) is 9.06. The number of nitrogens with one attached hydrogen (secondary N) is 1. The first-order valence-electron chi connectivity index (χ1n) is 6.28. The lowest BCUT2D eigenvalue weighted by Crippen LogP contribution is -1.88. The van der Waals surface area contributed by atoms with E-state index in [0.29, 0.717) is 0 Å². The highest BCUT2D eigenvalue weighted by Gasteiger charge is 2.11. The van der Waals surface area contributed by atoms with Gasteiger partial charge in [-0.05, 0) is 66.1 Å². The van der Waals surface area contributed by atoms with Gasteiger partial charge in [-0.2, -0.15) is 0 Å². The number of hydrogen-bond acceptors (Lipinski definition) is 1. The Morgan fingerprint density at radius 1 is 1.05 bits per heavy atom. The van der Waals surface area contributed by atoms with Gasteiger partial charge in [0.15, 0.2) is 0 Å². The lowest BCUT2D eigenvalue weighted by atomic mass is 10.1. The standard InChI is InChI=1S/C16H15IN2/c1-9-7-11(3)15-13(8-9)18-16(19-15)12-6-4-5-10(2)14(12)17/h4-8H,1-3H3,(H,18,19). The van der Waals surface area contributed by atoms with Crippen molar-refractivity contribution < 1.29 is 0 Å². The molecule has 0 bridgehead atoms. The number of fused-ring (bicyclic) bond motifs is 1. The zero-order valence-corrected chi connectivity index (χ0v) is 13.4. The average Bonchev–Trinajstić information content (AvgIpc) is 2.76. The van der Waals surface area contributed by atoms with E-state index in [-0.39, 0.29) is 0 Å². The molecule has 0 atom stereocenters. The molecule has 0 fully saturated rings. The predicted octanol–water partition coefficient (Wildman–Crippen LogP) is 4.76. The third-order valence-electron chi connectivity index (χ3n) is 3.37. The topological polar surface area (TPSA) is 28.7 Å². The molecule has 3 rings (SSSR count). The summed E-state index contributed by atoms with van der Waals surface area (Å²) in [7, 11) is 0. The smallest absolute Gasteiger partial charge is 0.139 e. The molecule has 2 nitrogen and oxygen atoms in total. The van der Waals surface area contributed by atoms with Crippen molar-refractivity contribution in [2.45, 2.75) is 20.8 Å². The highest BCUT2D eigenvalue weighted by molar-refractivity contribution is 14.1. The van der Waals surface area contributed by atoms with Crippen LogP contribution in [0, 0.1) is 24.3 Å². The molecule has 0 radical (unpaired) electrons. The summed E-state index contributed by atoms with van der Waals surface area (Å²) in [6.45, 7) is 6.36. The molecule has 1 aromatic heterocycles. The van der Waals surface area contributed by atoms with Crippen molar-refractivity contribution in [1.29, 1.82) is 0 Å². The summed E-state index contributed by atoms with van der Waals surface area (Å²) in [5, 5.41) is 0. The summed E-state index contributed by atoms with van der Waals surface area (Å²) >= 11 is 2.39. The number of H-pyrrole nitrogens is 1. The van der Waals surface area contributed by atoms with Gasteiger partial charge in [0, 0.05) is 9.13 Å². The van der Waals surface area contributed by atoms with Gasteiger partial charge < -0.3 is 4.98 Å². The van der Waals surface area contributed by atoms with E-state index in [1.807, 2.05) is 0 Å². The maximum absolute atomic E-state index is 4.77. The largest absolute Gasteiger partial charge is 0.338 e. The molecule has 3 aromatic rings. The lowest BCUT2D eigenvalue weighted by molar-refractivity contribution is 1.30. The van der Waals surface area contributed by atoms with Crippen molar-refractivity contribution in [2.24, 2.45) is 0 Å². The van der Waals surface area contributed by atoms with Gasteiger partial charge in [0.05, 0.1) is 11.0 Å². The van der Waals surface area contributed by atoms with Crippen LogP contribution in [0.3, 0.4) is 0 Å². The minimum absolute atomic E-state index is 0.955. The second-order valence-corrected chi connectivity index (χ2v) is 6.08. The van der Waals surface area contributed by atoms with Gasteiger partial charge >= 0.3 is 0 Å². The number of nitrogens with zero attached hydrogens (tertiary/aromatic N) is 1. The zero-order chi connectivity index (χ0) is 13.6. The highest BCUT2D eigenvalue weighted by Crippen LogP contribution is 2.28. The van der Waals surface area contributed by atoms with E-state index in [2.05, 4.69) is 78.7 Å². The first-order valence-corrected chi connectivity index (χ1v) is 7.36. The summed E-state index contributed by atoms with van der Waals surface area (Å²) in [6.07, 6.45) is 0. The number of benzene rings is 2. The van der Waals surface area contributed by atoms with Crippen LogP contribution in [0.5, 0.6) is 0 Å². The number of imidazole rings is 1. The fraction of sp³-hybridized carbons (Fsp3) is 0.188. The van der Waals surface area contributed by atoms with Crippen LogP contribution in [0.4, 0.5) is 0 Å².